The summed E-state index contributed by atoms with van der Waals surface area (Å²) in [5.41, 5.74) is 1.42. The van der Waals surface area contributed by atoms with Crippen molar-refractivity contribution in [3.63, 3.8) is 0 Å². The van der Waals surface area contributed by atoms with E-state index in [4.69, 9.17) is 23.2 Å². The van der Waals surface area contributed by atoms with Crippen molar-refractivity contribution in [1.29, 1.82) is 0 Å². The van der Waals surface area contributed by atoms with Crippen molar-refractivity contribution in [2.75, 3.05) is 0 Å². The van der Waals surface area contributed by atoms with E-state index in [-0.39, 0.29) is 28.6 Å². The van der Waals surface area contributed by atoms with Gasteiger partial charge in [0.25, 0.3) is 0 Å². The van der Waals surface area contributed by atoms with E-state index < -0.39 is 0 Å². The van der Waals surface area contributed by atoms with Gasteiger partial charge < -0.3 is 15.3 Å². The molecule has 3 aromatic rings. The van der Waals surface area contributed by atoms with Gasteiger partial charge in [0.05, 0.1) is 10.5 Å². The summed E-state index contributed by atoms with van der Waals surface area (Å²) >= 11 is 13.1. The summed E-state index contributed by atoms with van der Waals surface area (Å²) < 4.78 is 0. The van der Waals surface area contributed by atoms with Gasteiger partial charge >= 0.3 is 0 Å². The van der Waals surface area contributed by atoms with Gasteiger partial charge in [-0.15, -0.1) is 11.8 Å². The maximum Gasteiger partial charge on any atom is 0.199 e. The molecular formula is C22H16Cl2O4S. The van der Waals surface area contributed by atoms with E-state index in [1.165, 1.54) is 17.8 Å². The lowest BCUT2D eigenvalue weighted by molar-refractivity contribution is 0.104. The van der Waals surface area contributed by atoms with E-state index >= 15 is 0 Å². The summed E-state index contributed by atoms with van der Waals surface area (Å²) in [6, 6.07) is 15.9. The quantitative estimate of drug-likeness (QED) is 0.307. The number of Topliss-reactive ketones (excluding diaryl/α,β-unsaturated/α-hetero) is 1. The number of phenolic OH excluding ortho intramolecular Hbond substituents is 3. The average Bonchev–Trinajstić information content (AvgIpc) is 2.68. The van der Waals surface area contributed by atoms with Crippen LogP contribution in [0.15, 0.2) is 65.6 Å². The largest absolute Gasteiger partial charge is 0.508 e. The maximum atomic E-state index is 13.1. The van der Waals surface area contributed by atoms with Gasteiger partial charge in [0.15, 0.2) is 5.78 Å². The number of phenols is 3. The number of rotatable bonds is 6. The van der Waals surface area contributed by atoms with Gasteiger partial charge in [0, 0.05) is 33.5 Å². The van der Waals surface area contributed by atoms with Crippen LogP contribution in [0.5, 0.6) is 17.2 Å². The molecule has 7 heteroatoms. The van der Waals surface area contributed by atoms with Gasteiger partial charge in [-0.3, -0.25) is 4.79 Å². The van der Waals surface area contributed by atoms with Gasteiger partial charge in [-0.1, -0.05) is 35.3 Å². The summed E-state index contributed by atoms with van der Waals surface area (Å²) in [6.45, 7) is 0. The van der Waals surface area contributed by atoms with Crippen LogP contribution in [0, 0.1) is 0 Å². The number of thioether (sulfide) groups is 1. The molecule has 3 rings (SSSR count). The zero-order valence-electron chi connectivity index (χ0n) is 15.0. The Bertz CT molecular complexity index is 1040. The number of allylic oxidation sites excluding steroid dienone is 1. The third-order valence-electron chi connectivity index (χ3n) is 4.03. The molecule has 3 N–H and O–H groups in total. The highest BCUT2D eigenvalue weighted by molar-refractivity contribution is 8.03. The van der Waals surface area contributed by atoms with Crippen molar-refractivity contribution in [2.45, 2.75) is 5.75 Å². The predicted molar refractivity (Wildman–Crippen MR) is 118 cm³/mol. The average molecular weight is 447 g/mol. The van der Waals surface area contributed by atoms with E-state index in [0.717, 1.165) is 17.7 Å². The Morgan fingerprint density at radius 1 is 0.862 bits per heavy atom. The molecule has 3 aromatic carbocycles. The Kier molecular flexibility index (Phi) is 6.75. The summed E-state index contributed by atoms with van der Waals surface area (Å²) in [5, 5.41) is 30.8. The minimum absolute atomic E-state index is 0.0451. The molecule has 0 aliphatic carbocycles. The monoisotopic (exact) mass is 446 g/mol. The molecule has 0 unspecified atom stereocenters. The van der Waals surface area contributed by atoms with Crippen molar-refractivity contribution in [3.8, 4) is 17.2 Å². The van der Waals surface area contributed by atoms with Gasteiger partial charge in [-0.25, -0.2) is 0 Å². The standard InChI is InChI=1S/C22H16Cl2O4S/c23-15-5-1-13(2-6-15)12-29-21(22(28)14-3-7-16(24)8-4-14)11-18-19(26)9-17(25)10-20(18)27/h1-11,25-27H,12H2/b21-11+. The SMILES string of the molecule is O=C(/C(=C\c1c(O)cc(O)cc1O)SCc1ccc(Cl)cc1)c1ccc(Cl)cc1. The third kappa shape index (κ3) is 5.48. The number of hydrogen-bond acceptors (Lipinski definition) is 5. The lowest BCUT2D eigenvalue weighted by Gasteiger charge is -2.10. The lowest BCUT2D eigenvalue weighted by atomic mass is 10.1. The molecule has 29 heavy (non-hydrogen) atoms. The predicted octanol–water partition coefficient (Wildman–Crippen LogP) is 6.27. The molecule has 0 atom stereocenters. The molecule has 0 aliphatic rings. The third-order valence-corrected chi connectivity index (χ3v) is 5.63. The zero-order chi connectivity index (χ0) is 21.0. The Morgan fingerprint density at radius 3 is 1.93 bits per heavy atom. The van der Waals surface area contributed by atoms with Crippen molar-refractivity contribution >= 4 is 46.8 Å². The van der Waals surface area contributed by atoms with Crippen molar-refractivity contribution in [3.05, 3.63) is 92.3 Å². The highest BCUT2D eigenvalue weighted by Gasteiger charge is 2.17. The summed E-state index contributed by atoms with van der Waals surface area (Å²) in [4.78, 5) is 13.4. The fourth-order valence-electron chi connectivity index (χ4n) is 2.55. The maximum absolute atomic E-state index is 13.1. The Labute approximate surface area is 182 Å². The summed E-state index contributed by atoms with van der Waals surface area (Å²) in [7, 11) is 0. The van der Waals surface area contributed by atoms with Crippen LogP contribution in [0.25, 0.3) is 6.08 Å². The van der Waals surface area contributed by atoms with E-state index in [0.29, 0.717) is 26.3 Å². The second-order valence-corrected chi connectivity index (χ2v) is 8.05. The minimum atomic E-state index is -0.337. The molecule has 0 amide bonds. The van der Waals surface area contributed by atoms with Crippen LogP contribution in [0.1, 0.15) is 21.5 Å². The molecule has 0 spiro atoms. The second kappa shape index (κ2) is 9.27. The topological polar surface area (TPSA) is 77.8 Å². The fourth-order valence-corrected chi connectivity index (χ4v) is 3.76. The molecule has 0 aromatic heterocycles. The van der Waals surface area contributed by atoms with Gasteiger partial charge in [-0.2, -0.15) is 0 Å². The number of halogens is 2. The number of benzene rings is 3. The van der Waals surface area contributed by atoms with Gasteiger partial charge in [0.2, 0.25) is 0 Å². The molecule has 4 nitrogen and oxygen atoms in total. The van der Waals surface area contributed by atoms with E-state index in [1.54, 1.807) is 36.4 Å². The first-order chi connectivity index (χ1) is 13.8. The second-order valence-electron chi connectivity index (χ2n) is 6.16. The molecule has 0 fully saturated rings. The number of carbonyl (C=O) groups excluding carboxylic acids is 1. The van der Waals surface area contributed by atoms with Crippen LogP contribution < -0.4 is 0 Å². The number of aromatic hydroxyl groups is 3. The number of ketones is 1. The summed E-state index contributed by atoms with van der Waals surface area (Å²) in [6.07, 6.45) is 1.40. The summed E-state index contributed by atoms with van der Waals surface area (Å²) in [5.74, 6) is -0.766. The molecule has 0 saturated carbocycles. The van der Waals surface area contributed by atoms with Crippen LogP contribution >= 0.6 is 35.0 Å². The molecule has 0 heterocycles. The Balaban J connectivity index is 1.97. The lowest BCUT2D eigenvalue weighted by Crippen LogP contribution is -2.01. The first kappa shape index (κ1) is 21.1. The van der Waals surface area contributed by atoms with Gasteiger partial charge in [-0.05, 0) is 48.0 Å². The number of hydrogen-bond donors (Lipinski definition) is 3. The van der Waals surface area contributed by atoms with Gasteiger partial charge in [0.1, 0.15) is 17.2 Å². The van der Waals surface area contributed by atoms with E-state index in [9.17, 15) is 20.1 Å². The smallest absolute Gasteiger partial charge is 0.199 e. The van der Waals surface area contributed by atoms with Crippen LogP contribution in [0.4, 0.5) is 0 Å². The van der Waals surface area contributed by atoms with Crippen LogP contribution in [-0.2, 0) is 5.75 Å². The van der Waals surface area contributed by atoms with Crippen LogP contribution in [0.2, 0.25) is 10.0 Å². The number of carbonyl (C=O) groups is 1. The molecule has 0 radical (unpaired) electrons. The molecular weight excluding hydrogens is 431 g/mol. The van der Waals surface area contributed by atoms with Crippen LogP contribution in [0.3, 0.4) is 0 Å². The minimum Gasteiger partial charge on any atom is -0.508 e. The molecule has 148 valence electrons. The first-order valence-corrected chi connectivity index (χ1v) is 10.2. The highest BCUT2D eigenvalue weighted by Crippen LogP contribution is 2.36. The Hall–Kier alpha value is -2.60. The van der Waals surface area contributed by atoms with Crippen molar-refractivity contribution in [2.24, 2.45) is 0 Å². The van der Waals surface area contributed by atoms with Crippen LogP contribution in [-0.4, -0.2) is 21.1 Å². The highest BCUT2D eigenvalue weighted by atomic mass is 35.5. The molecule has 0 bridgehead atoms. The van der Waals surface area contributed by atoms with Crippen molar-refractivity contribution in [1.82, 2.24) is 0 Å². The molecule has 0 saturated heterocycles. The van der Waals surface area contributed by atoms with E-state index in [2.05, 4.69) is 0 Å². The van der Waals surface area contributed by atoms with Crippen molar-refractivity contribution < 1.29 is 20.1 Å². The Morgan fingerprint density at radius 2 is 1.38 bits per heavy atom. The normalized spacial score (nSPS) is 11.4. The molecule has 0 aliphatic heterocycles. The zero-order valence-corrected chi connectivity index (χ0v) is 17.3. The van der Waals surface area contributed by atoms with E-state index in [1.807, 2.05) is 12.1 Å². The fraction of sp³-hybridized carbons (Fsp3) is 0.0455. The first-order valence-electron chi connectivity index (χ1n) is 8.47.